The van der Waals surface area contributed by atoms with E-state index < -0.39 is 0 Å². The van der Waals surface area contributed by atoms with E-state index in [4.69, 9.17) is 0 Å². The van der Waals surface area contributed by atoms with Crippen LogP contribution in [-0.4, -0.2) is 20.7 Å². The lowest BCUT2D eigenvalue weighted by molar-refractivity contribution is -0.122. The second-order valence-corrected chi connectivity index (χ2v) is 5.67. The molecular formula is C16H14N4O2S. The third-order valence-corrected chi connectivity index (χ3v) is 3.90. The van der Waals surface area contributed by atoms with Gasteiger partial charge >= 0.3 is 0 Å². The first-order valence-corrected chi connectivity index (χ1v) is 7.92. The van der Waals surface area contributed by atoms with Crippen molar-refractivity contribution < 1.29 is 4.79 Å². The van der Waals surface area contributed by atoms with Gasteiger partial charge in [-0.15, -0.1) is 0 Å². The lowest BCUT2D eigenvalue weighted by atomic mass is 10.1. The number of nitrogens with one attached hydrogen (secondary N) is 1. The summed E-state index contributed by atoms with van der Waals surface area (Å²) in [4.78, 5) is 27.6. The van der Waals surface area contributed by atoms with Crippen LogP contribution in [0.3, 0.4) is 0 Å². The molecule has 3 aromatic rings. The van der Waals surface area contributed by atoms with Crippen LogP contribution in [0.1, 0.15) is 5.56 Å². The van der Waals surface area contributed by atoms with Crippen molar-refractivity contribution in [2.24, 2.45) is 0 Å². The van der Waals surface area contributed by atoms with Crippen LogP contribution in [0, 0.1) is 0 Å². The molecule has 0 aliphatic heterocycles. The molecule has 1 amide bonds. The highest BCUT2D eigenvalue weighted by Crippen LogP contribution is 2.21. The number of amides is 1. The average molecular weight is 326 g/mol. The first-order valence-electron chi connectivity index (χ1n) is 6.98. The van der Waals surface area contributed by atoms with E-state index in [2.05, 4.69) is 15.4 Å². The maximum atomic E-state index is 11.9. The Morgan fingerprint density at radius 3 is 2.96 bits per heavy atom. The molecule has 0 aliphatic rings. The molecule has 0 aromatic carbocycles. The van der Waals surface area contributed by atoms with Crippen molar-refractivity contribution in [2.45, 2.75) is 13.1 Å². The van der Waals surface area contributed by atoms with Crippen molar-refractivity contribution >= 4 is 17.2 Å². The first kappa shape index (κ1) is 15.1. The SMILES string of the molecule is O=C(Cn1ncccc1=O)NCc1cncc(-c2ccsc2)c1. The Balaban J connectivity index is 1.62. The summed E-state index contributed by atoms with van der Waals surface area (Å²) >= 11 is 1.62. The normalized spacial score (nSPS) is 10.4. The second kappa shape index (κ2) is 6.97. The Bertz CT molecular complexity index is 858. The summed E-state index contributed by atoms with van der Waals surface area (Å²) in [6.07, 6.45) is 4.98. The van der Waals surface area contributed by atoms with E-state index >= 15 is 0 Å². The summed E-state index contributed by atoms with van der Waals surface area (Å²) in [7, 11) is 0. The Morgan fingerprint density at radius 2 is 2.17 bits per heavy atom. The summed E-state index contributed by atoms with van der Waals surface area (Å²) in [6, 6.07) is 6.92. The van der Waals surface area contributed by atoms with E-state index in [9.17, 15) is 9.59 Å². The molecule has 3 aromatic heterocycles. The molecule has 7 heteroatoms. The maximum absolute atomic E-state index is 11.9. The number of aromatic nitrogens is 3. The van der Waals surface area contributed by atoms with Crippen LogP contribution >= 0.6 is 11.3 Å². The summed E-state index contributed by atoms with van der Waals surface area (Å²) < 4.78 is 1.12. The topological polar surface area (TPSA) is 76.9 Å². The highest BCUT2D eigenvalue weighted by Gasteiger charge is 2.06. The standard InChI is InChI=1S/C16H14N4O2S/c21-15(10-20-16(22)2-1-4-19-20)18-8-12-6-14(9-17-7-12)13-3-5-23-11-13/h1-7,9,11H,8,10H2,(H,18,21). The number of carbonyl (C=O) groups is 1. The Labute approximate surface area is 136 Å². The fourth-order valence-corrected chi connectivity index (χ4v) is 2.73. The van der Waals surface area contributed by atoms with Crippen molar-refractivity contribution in [1.82, 2.24) is 20.1 Å². The maximum Gasteiger partial charge on any atom is 0.267 e. The predicted octanol–water partition coefficient (Wildman–Crippen LogP) is 1.68. The summed E-state index contributed by atoms with van der Waals surface area (Å²) in [5.41, 5.74) is 2.72. The number of nitrogens with zero attached hydrogens (tertiary/aromatic N) is 3. The highest BCUT2D eigenvalue weighted by molar-refractivity contribution is 7.08. The van der Waals surface area contributed by atoms with E-state index in [1.807, 2.05) is 22.9 Å². The zero-order valence-corrected chi connectivity index (χ0v) is 13.0. The minimum Gasteiger partial charge on any atom is -0.350 e. The number of hydrogen-bond acceptors (Lipinski definition) is 5. The molecule has 1 N–H and O–H groups in total. The zero-order valence-electron chi connectivity index (χ0n) is 12.2. The van der Waals surface area contributed by atoms with E-state index in [-0.39, 0.29) is 18.0 Å². The van der Waals surface area contributed by atoms with Gasteiger partial charge in [-0.2, -0.15) is 16.4 Å². The molecule has 0 aliphatic carbocycles. The van der Waals surface area contributed by atoms with Crippen molar-refractivity contribution in [3.8, 4) is 11.1 Å². The van der Waals surface area contributed by atoms with E-state index in [0.717, 1.165) is 21.4 Å². The zero-order chi connectivity index (χ0) is 16.1. The molecule has 0 unspecified atom stereocenters. The summed E-state index contributed by atoms with van der Waals surface area (Å²) in [6.45, 7) is 0.253. The molecule has 0 saturated heterocycles. The predicted molar refractivity (Wildman–Crippen MR) is 87.9 cm³/mol. The van der Waals surface area contributed by atoms with Gasteiger partial charge in [0.1, 0.15) is 6.54 Å². The molecular weight excluding hydrogens is 312 g/mol. The van der Waals surface area contributed by atoms with Crippen LogP contribution in [0.15, 0.2) is 58.4 Å². The van der Waals surface area contributed by atoms with Gasteiger partial charge in [0.25, 0.3) is 5.56 Å². The third kappa shape index (κ3) is 3.89. The van der Waals surface area contributed by atoms with E-state index in [1.54, 1.807) is 29.8 Å². The van der Waals surface area contributed by atoms with Gasteiger partial charge in [-0.25, -0.2) is 4.68 Å². The molecule has 0 spiro atoms. The van der Waals surface area contributed by atoms with Gasteiger partial charge in [0, 0.05) is 36.8 Å². The Morgan fingerprint density at radius 1 is 1.26 bits per heavy atom. The van der Waals surface area contributed by atoms with Crippen molar-refractivity contribution in [3.05, 3.63) is 69.5 Å². The first-order chi connectivity index (χ1) is 11.2. The number of carbonyl (C=O) groups excluding carboxylic acids is 1. The van der Waals surface area contributed by atoms with Crippen LogP contribution < -0.4 is 10.9 Å². The molecule has 0 saturated carbocycles. The molecule has 6 nitrogen and oxygen atoms in total. The Hall–Kier alpha value is -2.80. The van der Waals surface area contributed by atoms with Crippen LogP contribution in [0.25, 0.3) is 11.1 Å². The van der Waals surface area contributed by atoms with E-state index in [1.165, 1.54) is 12.3 Å². The number of rotatable bonds is 5. The van der Waals surface area contributed by atoms with Crippen molar-refractivity contribution in [3.63, 3.8) is 0 Å². The van der Waals surface area contributed by atoms with Gasteiger partial charge in [-0.05, 0) is 40.1 Å². The van der Waals surface area contributed by atoms with Gasteiger partial charge in [0.2, 0.25) is 5.91 Å². The fourth-order valence-electron chi connectivity index (χ4n) is 2.07. The monoisotopic (exact) mass is 326 g/mol. The van der Waals surface area contributed by atoms with Gasteiger partial charge in [-0.3, -0.25) is 14.6 Å². The molecule has 3 rings (SSSR count). The van der Waals surface area contributed by atoms with Crippen LogP contribution in [0.5, 0.6) is 0 Å². The lowest BCUT2D eigenvalue weighted by Crippen LogP contribution is -2.32. The smallest absolute Gasteiger partial charge is 0.267 e. The van der Waals surface area contributed by atoms with E-state index in [0.29, 0.717) is 6.54 Å². The minimum atomic E-state index is -0.302. The van der Waals surface area contributed by atoms with Crippen LogP contribution in [0.4, 0.5) is 0 Å². The highest BCUT2D eigenvalue weighted by atomic mass is 32.1. The van der Waals surface area contributed by atoms with Crippen LogP contribution in [0.2, 0.25) is 0 Å². The van der Waals surface area contributed by atoms with Crippen LogP contribution in [-0.2, 0) is 17.9 Å². The number of hydrogen-bond donors (Lipinski definition) is 1. The minimum absolute atomic E-state index is 0.0999. The summed E-state index contributed by atoms with van der Waals surface area (Å²) in [5.74, 6) is -0.272. The molecule has 0 atom stereocenters. The lowest BCUT2D eigenvalue weighted by Gasteiger charge is -2.07. The fraction of sp³-hybridized carbons (Fsp3) is 0.125. The average Bonchev–Trinajstić information content (AvgIpc) is 3.10. The Kier molecular flexibility index (Phi) is 4.58. The van der Waals surface area contributed by atoms with Gasteiger partial charge in [0.05, 0.1) is 0 Å². The molecule has 116 valence electrons. The van der Waals surface area contributed by atoms with Crippen molar-refractivity contribution in [2.75, 3.05) is 0 Å². The van der Waals surface area contributed by atoms with Gasteiger partial charge in [0.15, 0.2) is 0 Å². The largest absolute Gasteiger partial charge is 0.350 e. The second-order valence-electron chi connectivity index (χ2n) is 4.89. The quantitative estimate of drug-likeness (QED) is 0.774. The third-order valence-electron chi connectivity index (χ3n) is 3.22. The molecule has 0 fully saturated rings. The van der Waals surface area contributed by atoms with Gasteiger partial charge < -0.3 is 5.32 Å². The number of thiophene rings is 1. The number of pyridine rings is 1. The molecule has 3 heterocycles. The molecule has 0 radical (unpaired) electrons. The molecule has 0 bridgehead atoms. The summed E-state index contributed by atoms with van der Waals surface area (Å²) in [5, 5.41) is 10.7. The van der Waals surface area contributed by atoms with Gasteiger partial charge in [-0.1, -0.05) is 0 Å². The van der Waals surface area contributed by atoms with Crippen molar-refractivity contribution in [1.29, 1.82) is 0 Å². The molecule has 23 heavy (non-hydrogen) atoms.